The lowest BCUT2D eigenvalue weighted by atomic mass is 9.98. The van der Waals surface area contributed by atoms with E-state index < -0.39 is 0 Å². The van der Waals surface area contributed by atoms with E-state index in [4.69, 9.17) is 13.1 Å². The van der Waals surface area contributed by atoms with Gasteiger partial charge in [-0.2, -0.15) is 0 Å². The average molecular weight is 226 g/mol. The fourth-order valence-corrected chi connectivity index (χ4v) is 1.03. The van der Waals surface area contributed by atoms with Crippen molar-refractivity contribution in [3.63, 3.8) is 0 Å². The summed E-state index contributed by atoms with van der Waals surface area (Å²) in [5, 5.41) is 8.07. The standard InChI is InChI=1S/C4H8BIO2/c5-3-4(8-7)1-2-6/h4,7H,1-3H2. The molecule has 0 aliphatic rings. The summed E-state index contributed by atoms with van der Waals surface area (Å²) in [4.78, 5) is 4.01. The molecule has 2 radical (unpaired) electrons. The van der Waals surface area contributed by atoms with Crippen LogP contribution in [-0.4, -0.2) is 23.6 Å². The third kappa shape index (κ3) is 3.68. The summed E-state index contributed by atoms with van der Waals surface area (Å²) in [5.74, 6) is 0. The molecule has 0 aliphatic heterocycles. The van der Waals surface area contributed by atoms with E-state index >= 15 is 0 Å². The lowest BCUT2D eigenvalue weighted by Crippen LogP contribution is -2.09. The number of hydrogen-bond donors (Lipinski definition) is 1. The maximum absolute atomic E-state index is 8.07. The van der Waals surface area contributed by atoms with Gasteiger partial charge in [-0.1, -0.05) is 28.9 Å². The molecule has 2 nitrogen and oxygen atoms in total. The Morgan fingerprint density at radius 2 is 2.38 bits per heavy atom. The first-order valence-corrected chi connectivity index (χ1v) is 3.94. The van der Waals surface area contributed by atoms with Gasteiger partial charge in [0.1, 0.15) is 0 Å². The monoisotopic (exact) mass is 226 g/mol. The van der Waals surface area contributed by atoms with Crippen LogP contribution in [0.15, 0.2) is 0 Å². The highest BCUT2D eigenvalue weighted by molar-refractivity contribution is 14.1. The van der Waals surface area contributed by atoms with Crippen LogP contribution >= 0.6 is 22.6 Å². The largest absolute Gasteiger partial charge is 0.252 e. The van der Waals surface area contributed by atoms with Gasteiger partial charge in [0, 0.05) is 4.43 Å². The van der Waals surface area contributed by atoms with Crippen molar-refractivity contribution in [2.75, 3.05) is 4.43 Å². The molecule has 0 aromatic rings. The van der Waals surface area contributed by atoms with Crippen LogP contribution in [0.25, 0.3) is 0 Å². The topological polar surface area (TPSA) is 29.5 Å². The summed E-state index contributed by atoms with van der Waals surface area (Å²) in [5.41, 5.74) is 0. The van der Waals surface area contributed by atoms with Crippen molar-refractivity contribution in [2.45, 2.75) is 18.8 Å². The smallest absolute Gasteiger partial charge is 0.0858 e. The molecule has 0 heterocycles. The zero-order valence-electron chi connectivity index (χ0n) is 4.51. The predicted molar refractivity (Wildman–Crippen MR) is 41.6 cm³/mol. The van der Waals surface area contributed by atoms with Crippen molar-refractivity contribution in [1.82, 2.24) is 0 Å². The Hall–Kier alpha value is 0.715. The Labute approximate surface area is 64.1 Å². The van der Waals surface area contributed by atoms with Crippen molar-refractivity contribution in [1.29, 1.82) is 0 Å². The number of rotatable bonds is 4. The van der Waals surface area contributed by atoms with Crippen LogP contribution in [0.5, 0.6) is 0 Å². The van der Waals surface area contributed by atoms with Crippen LogP contribution < -0.4 is 0 Å². The van der Waals surface area contributed by atoms with Crippen LogP contribution in [-0.2, 0) is 4.89 Å². The summed E-state index contributed by atoms with van der Waals surface area (Å²) < 4.78 is 0.959. The minimum atomic E-state index is -0.174. The highest BCUT2D eigenvalue weighted by Gasteiger charge is 2.01. The van der Waals surface area contributed by atoms with E-state index in [0.717, 1.165) is 10.8 Å². The van der Waals surface area contributed by atoms with Gasteiger partial charge < -0.3 is 0 Å². The fraction of sp³-hybridized carbons (Fsp3) is 1.00. The molecule has 1 N–H and O–H groups in total. The maximum atomic E-state index is 8.07. The first-order chi connectivity index (χ1) is 3.85. The molecule has 0 aliphatic carbocycles. The van der Waals surface area contributed by atoms with Crippen molar-refractivity contribution in [2.24, 2.45) is 0 Å². The van der Waals surface area contributed by atoms with E-state index in [9.17, 15) is 0 Å². The van der Waals surface area contributed by atoms with Gasteiger partial charge in [-0.3, -0.25) is 5.26 Å². The van der Waals surface area contributed by atoms with Crippen molar-refractivity contribution in [3.05, 3.63) is 0 Å². The summed E-state index contributed by atoms with van der Waals surface area (Å²) in [6, 6.07) is 0. The molecule has 46 valence electrons. The van der Waals surface area contributed by atoms with E-state index in [1.54, 1.807) is 0 Å². The van der Waals surface area contributed by atoms with Crippen molar-refractivity contribution < 1.29 is 10.1 Å². The second-order valence-corrected chi connectivity index (χ2v) is 2.52. The Morgan fingerprint density at radius 3 is 2.50 bits per heavy atom. The van der Waals surface area contributed by atoms with E-state index in [-0.39, 0.29) is 6.10 Å². The first-order valence-electron chi connectivity index (χ1n) is 2.41. The third-order valence-corrected chi connectivity index (χ3v) is 1.47. The molecule has 8 heavy (non-hydrogen) atoms. The molecule has 0 rings (SSSR count). The molecule has 0 aromatic heterocycles. The quantitative estimate of drug-likeness (QED) is 0.257. The van der Waals surface area contributed by atoms with Gasteiger partial charge >= 0.3 is 0 Å². The molecular weight excluding hydrogens is 218 g/mol. The molecule has 0 saturated heterocycles. The lowest BCUT2D eigenvalue weighted by Gasteiger charge is -2.06. The summed E-state index contributed by atoms with van der Waals surface area (Å²) >= 11 is 2.20. The van der Waals surface area contributed by atoms with E-state index in [1.807, 2.05) is 0 Å². The van der Waals surface area contributed by atoms with Crippen LogP contribution in [0.4, 0.5) is 0 Å². The van der Waals surface area contributed by atoms with Gasteiger partial charge in [-0.25, -0.2) is 4.89 Å². The molecule has 1 atom stereocenters. The molecule has 4 heteroatoms. The molecule has 0 amide bonds. The van der Waals surface area contributed by atoms with Crippen molar-refractivity contribution in [3.8, 4) is 0 Å². The van der Waals surface area contributed by atoms with Gasteiger partial charge in [0.15, 0.2) is 0 Å². The second-order valence-electron chi connectivity index (χ2n) is 1.44. The predicted octanol–water partition coefficient (Wildman–Crippen LogP) is 1.26. The highest BCUT2D eigenvalue weighted by atomic mass is 127. The van der Waals surface area contributed by atoms with Crippen LogP contribution in [0.3, 0.4) is 0 Å². The first kappa shape index (κ1) is 8.71. The van der Waals surface area contributed by atoms with Gasteiger partial charge in [0.05, 0.1) is 14.0 Å². The maximum Gasteiger partial charge on any atom is 0.0858 e. The number of hydrogen-bond acceptors (Lipinski definition) is 2. The molecule has 0 saturated carbocycles. The molecule has 0 fully saturated rings. The zero-order valence-corrected chi connectivity index (χ0v) is 6.67. The second kappa shape index (κ2) is 5.84. The third-order valence-electron chi connectivity index (χ3n) is 0.843. The van der Waals surface area contributed by atoms with E-state index in [2.05, 4.69) is 27.5 Å². The van der Waals surface area contributed by atoms with Gasteiger partial charge in [-0.15, -0.1) is 0 Å². The van der Waals surface area contributed by atoms with Crippen LogP contribution in [0.2, 0.25) is 6.32 Å². The van der Waals surface area contributed by atoms with Gasteiger partial charge in [-0.05, 0) is 6.42 Å². The number of halogens is 1. The van der Waals surface area contributed by atoms with Gasteiger partial charge in [0.25, 0.3) is 0 Å². The van der Waals surface area contributed by atoms with Crippen molar-refractivity contribution >= 4 is 30.4 Å². The lowest BCUT2D eigenvalue weighted by molar-refractivity contribution is -0.273. The Bertz CT molecular complexity index is 49.3. The van der Waals surface area contributed by atoms with Crippen LogP contribution in [0, 0.1) is 0 Å². The molecule has 0 bridgehead atoms. The summed E-state index contributed by atoms with van der Waals surface area (Å²) in [7, 11) is 5.18. The molecule has 0 spiro atoms. The average Bonchev–Trinajstić information content (AvgIpc) is 1.83. The highest BCUT2D eigenvalue weighted by Crippen LogP contribution is 2.02. The fourth-order valence-electron chi connectivity index (χ4n) is 0.335. The minimum absolute atomic E-state index is 0.174. The SMILES string of the molecule is [B]CC(CCI)OO. The van der Waals surface area contributed by atoms with E-state index in [0.29, 0.717) is 6.32 Å². The molecule has 0 aromatic carbocycles. The minimum Gasteiger partial charge on any atom is -0.252 e. The number of alkyl halides is 1. The zero-order chi connectivity index (χ0) is 6.41. The molecular formula is C4H8BIO2. The van der Waals surface area contributed by atoms with Crippen LogP contribution in [0.1, 0.15) is 6.42 Å². The van der Waals surface area contributed by atoms with Gasteiger partial charge in [0.2, 0.25) is 0 Å². The van der Waals surface area contributed by atoms with E-state index in [1.165, 1.54) is 0 Å². The Morgan fingerprint density at radius 1 is 1.75 bits per heavy atom. The Balaban J connectivity index is 3.07. The Kier molecular flexibility index (Phi) is 6.37. The summed E-state index contributed by atoms with van der Waals surface area (Å²) in [6.07, 6.45) is 1.03. The normalized spacial score (nSPS) is 13.8. The molecule has 1 unspecified atom stereocenters. The summed E-state index contributed by atoms with van der Waals surface area (Å²) in [6.45, 7) is 0.